The van der Waals surface area contributed by atoms with E-state index in [9.17, 15) is 18.0 Å². The van der Waals surface area contributed by atoms with Gasteiger partial charge in [-0.2, -0.15) is 0 Å². The van der Waals surface area contributed by atoms with Gasteiger partial charge in [-0.3, -0.25) is 14.2 Å². The number of sulfone groups is 1. The second-order valence-electron chi connectivity index (χ2n) is 8.35. The van der Waals surface area contributed by atoms with Gasteiger partial charge >= 0.3 is 0 Å². The number of fused-ring (bicyclic) bond motifs is 1. The summed E-state index contributed by atoms with van der Waals surface area (Å²) in [6, 6.07) is -0.283. The fourth-order valence-electron chi connectivity index (χ4n) is 3.79. The van der Waals surface area contributed by atoms with E-state index in [1.54, 1.807) is 15.5 Å². The molecule has 1 atom stereocenters. The lowest BCUT2D eigenvalue weighted by molar-refractivity contribution is -0.130. The molecule has 2 aromatic rings. The minimum absolute atomic E-state index is 0.0231. The van der Waals surface area contributed by atoms with Crippen LogP contribution in [0, 0.1) is 19.8 Å². The number of carbonyl (C=O) groups is 1. The molecule has 7 nitrogen and oxygen atoms in total. The molecule has 0 saturated carbocycles. The number of allylic oxidation sites excluding steroid dienone is 1. The zero-order valence-corrected chi connectivity index (χ0v) is 20.8. The van der Waals surface area contributed by atoms with Gasteiger partial charge in [-0.1, -0.05) is 31.7 Å². The fourth-order valence-corrected chi connectivity index (χ4v) is 7.48. The fraction of sp³-hybridized carbons (Fsp3) is 0.571. The molecule has 0 N–H and O–H groups in total. The summed E-state index contributed by atoms with van der Waals surface area (Å²) >= 11 is 2.70. The molecule has 0 radical (unpaired) electrons. The van der Waals surface area contributed by atoms with E-state index < -0.39 is 9.84 Å². The molecule has 10 heteroatoms. The highest BCUT2D eigenvalue weighted by atomic mass is 32.2. The van der Waals surface area contributed by atoms with Crippen molar-refractivity contribution in [1.82, 2.24) is 14.5 Å². The Morgan fingerprint density at radius 2 is 2.13 bits per heavy atom. The maximum Gasteiger partial charge on any atom is 0.263 e. The topological polar surface area (TPSA) is 89.3 Å². The van der Waals surface area contributed by atoms with Crippen LogP contribution in [0.15, 0.2) is 22.6 Å². The van der Waals surface area contributed by atoms with E-state index in [0.717, 1.165) is 10.4 Å². The van der Waals surface area contributed by atoms with Crippen molar-refractivity contribution in [2.45, 2.75) is 51.9 Å². The Kier molecular flexibility index (Phi) is 7.32. The number of carbonyl (C=O) groups excluding carboxylic acids is 1. The van der Waals surface area contributed by atoms with E-state index in [0.29, 0.717) is 34.9 Å². The van der Waals surface area contributed by atoms with Crippen LogP contribution in [0.2, 0.25) is 0 Å². The second kappa shape index (κ2) is 9.46. The normalized spacial score (nSPS) is 18.0. The summed E-state index contributed by atoms with van der Waals surface area (Å²) < 4.78 is 25.4. The number of hydrogen-bond donors (Lipinski definition) is 0. The quantitative estimate of drug-likeness (QED) is 0.326. The molecular formula is C21H29N3O4S3. The van der Waals surface area contributed by atoms with Crippen LogP contribution in [0.25, 0.3) is 10.2 Å². The van der Waals surface area contributed by atoms with Gasteiger partial charge in [0.2, 0.25) is 5.91 Å². The van der Waals surface area contributed by atoms with E-state index in [-0.39, 0.29) is 40.7 Å². The molecule has 1 aliphatic heterocycles. The maximum atomic E-state index is 13.1. The van der Waals surface area contributed by atoms with Gasteiger partial charge in [0.1, 0.15) is 4.83 Å². The van der Waals surface area contributed by atoms with Gasteiger partial charge in [0.15, 0.2) is 15.0 Å². The predicted octanol–water partition coefficient (Wildman–Crippen LogP) is 3.02. The van der Waals surface area contributed by atoms with Crippen LogP contribution < -0.4 is 5.56 Å². The summed E-state index contributed by atoms with van der Waals surface area (Å²) in [5, 5.41) is 1.10. The second-order valence-corrected chi connectivity index (χ2v) is 12.7. The Morgan fingerprint density at radius 1 is 1.42 bits per heavy atom. The number of aryl methyl sites for hydroxylation is 2. The number of nitrogens with zero attached hydrogens (tertiary/aromatic N) is 3. The Morgan fingerprint density at radius 3 is 2.71 bits per heavy atom. The maximum absolute atomic E-state index is 13.1. The van der Waals surface area contributed by atoms with Crippen LogP contribution >= 0.6 is 23.1 Å². The zero-order valence-electron chi connectivity index (χ0n) is 18.4. The van der Waals surface area contributed by atoms with Gasteiger partial charge < -0.3 is 4.90 Å². The lowest BCUT2D eigenvalue weighted by atomic mass is 10.1. The van der Waals surface area contributed by atoms with Crippen LogP contribution in [0.4, 0.5) is 0 Å². The Labute approximate surface area is 191 Å². The predicted molar refractivity (Wildman–Crippen MR) is 128 cm³/mol. The molecule has 0 aliphatic carbocycles. The smallest absolute Gasteiger partial charge is 0.263 e. The first-order valence-corrected chi connectivity index (χ1v) is 13.9. The first kappa shape index (κ1) is 24.0. The minimum Gasteiger partial charge on any atom is -0.338 e. The van der Waals surface area contributed by atoms with Gasteiger partial charge in [0.25, 0.3) is 5.56 Å². The summed E-state index contributed by atoms with van der Waals surface area (Å²) in [4.78, 5) is 34.3. The monoisotopic (exact) mass is 483 g/mol. The van der Waals surface area contributed by atoms with Crippen LogP contribution in [-0.4, -0.2) is 58.6 Å². The number of amides is 1. The largest absolute Gasteiger partial charge is 0.338 e. The third-order valence-electron chi connectivity index (χ3n) is 5.42. The Bertz CT molecular complexity index is 1160. The molecule has 0 aromatic carbocycles. The average Bonchev–Trinajstić information content (AvgIpc) is 3.19. The van der Waals surface area contributed by atoms with Crippen LogP contribution in [0.3, 0.4) is 0 Å². The van der Waals surface area contributed by atoms with E-state index in [1.165, 1.54) is 23.1 Å². The van der Waals surface area contributed by atoms with Crippen LogP contribution in [0.1, 0.15) is 30.7 Å². The highest BCUT2D eigenvalue weighted by Gasteiger charge is 2.35. The molecule has 1 fully saturated rings. The molecule has 1 saturated heterocycles. The molecule has 170 valence electrons. The number of hydrogen-bond acceptors (Lipinski definition) is 7. The van der Waals surface area contributed by atoms with Crippen LogP contribution in [0.5, 0.6) is 0 Å². The zero-order chi connectivity index (χ0) is 22.9. The number of aromatic nitrogens is 2. The molecule has 1 unspecified atom stereocenters. The summed E-state index contributed by atoms with van der Waals surface area (Å²) in [6.07, 6.45) is 2.12. The lowest BCUT2D eigenvalue weighted by Crippen LogP contribution is -2.44. The van der Waals surface area contributed by atoms with E-state index >= 15 is 0 Å². The third-order valence-corrected chi connectivity index (χ3v) is 9.23. The van der Waals surface area contributed by atoms with Crippen LogP contribution in [-0.2, 0) is 21.2 Å². The molecule has 31 heavy (non-hydrogen) atoms. The van der Waals surface area contributed by atoms with Crippen molar-refractivity contribution in [3.05, 3.63) is 33.4 Å². The van der Waals surface area contributed by atoms with Crippen molar-refractivity contribution in [1.29, 1.82) is 0 Å². The Hall–Kier alpha value is -1.65. The molecule has 2 aromatic heterocycles. The molecule has 1 aliphatic rings. The van der Waals surface area contributed by atoms with Crippen molar-refractivity contribution in [2.24, 2.45) is 5.92 Å². The van der Waals surface area contributed by atoms with Crippen molar-refractivity contribution in [2.75, 3.05) is 23.8 Å². The number of thioether (sulfide) groups is 1. The van der Waals surface area contributed by atoms with Gasteiger partial charge in [-0.15, -0.1) is 17.9 Å². The van der Waals surface area contributed by atoms with Crippen molar-refractivity contribution in [3.8, 4) is 0 Å². The summed E-state index contributed by atoms with van der Waals surface area (Å²) in [5.41, 5.74) is 0.816. The van der Waals surface area contributed by atoms with Gasteiger partial charge in [-0.05, 0) is 31.7 Å². The van der Waals surface area contributed by atoms with Crippen molar-refractivity contribution >= 4 is 49.1 Å². The first-order chi connectivity index (χ1) is 14.5. The van der Waals surface area contributed by atoms with Gasteiger partial charge in [0.05, 0.1) is 22.6 Å². The standard InChI is InChI=1S/C21H29N3O4S3/c1-6-8-23-20(26)18-14(4)15(5)30-19(18)22-21(23)29-11-17(25)24(10-13(2)3)16-7-9-31(27,28)12-16/h6,13,16H,1,7-12H2,2-5H3. The minimum atomic E-state index is -3.09. The summed E-state index contributed by atoms with van der Waals surface area (Å²) in [6.45, 7) is 12.5. The number of rotatable bonds is 8. The van der Waals surface area contributed by atoms with E-state index in [2.05, 4.69) is 11.6 Å². The lowest BCUT2D eigenvalue weighted by Gasteiger charge is -2.30. The molecule has 0 bridgehead atoms. The first-order valence-electron chi connectivity index (χ1n) is 10.3. The highest BCUT2D eigenvalue weighted by molar-refractivity contribution is 7.99. The molecule has 1 amide bonds. The Balaban J connectivity index is 1.87. The van der Waals surface area contributed by atoms with E-state index in [1.807, 2.05) is 27.7 Å². The van der Waals surface area contributed by atoms with E-state index in [4.69, 9.17) is 0 Å². The van der Waals surface area contributed by atoms with Crippen molar-refractivity contribution < 1.29 is 13.2 Å². The van der Waals surface area contributed by atoms with Gasteiger partial charge in [-0.25, -0.2) is 13.4 Å². The molecule has 3 rings (SSSR count). The third kappa shape index (κ3) is 5.23. The number of thiophene rings is 1. The average molecular weight is 484 g/mol. The highest BCUT2D eigenvalue weighted by Crippen LogP contribution is 2.29. The molecule has 0 spiro atoms. The molecule has 3 heterocycles. The summed E-state index contributed by atoms with van der Waals surface area (Å²) in [7, 11) is -3.09. The SMILES string of the molecule is C=CCn1c(SCC(=O)N(CC(C)C)C2CCS(=O)(=O)C2)nc2sc(C)c(C)c2c1=O. The summed E-state index contributed by atoms with van der Waals surface area (Å²) in [5.74, 6) is 0.347. The molecular weight excluding hydrogens is 454 g/mol. The van der Waals surface area contributed by atoms with Crippen molar-refractivity contribution in [3.63, 3.8) is 0 Å². The van der Waals surface area contributed by atoms with Gasteiger partial charge in [0, 0.05) is 24.0 Å².